The normalized spacial score (nSPS) is 15.7. The quantitative estimate of drug-likeness (QED) is 0.782. The van der Waals surface area contributed by atoms with Gasteiger partial charge >= 0.3 is 0 Å². The lowest BCUT2D eigenvalue weighted by Crippen LogP contribution is -2.28. The van der Waals surface area contributed by atoms with Crippen LogP contribution in [0.1, 0.15) is 51.4 Å². The molecule has 0 radical (unpaired) electrons. The highest BCUT2D eigenvalue weighted by Crippen LogP contribution is 2.26. The van der Waals surface area contributed by atoms with Crippen molar-refractivity contribution in [3.63, 3.8) is 0 Å². The summed E-state index contributed by atoms with van der Waals surface area (Å²) in [5.74, 6) is 0.869. The highest BCUT2D eigenvalue weighted by molar-refractivity contribution is 7.16. The van der Waals surface area contributed by atoms with Crippen molar-refractivity contribution < 1.29 is 4.79 Å². The Hall–Kier alpha value is -1.69. The minimum Gasteiger partial charge on any atom is -0.356 e. The standard InChI is InChI=1S/C18H25N3O2S/c22-16(19-10-4-7-14-5-2-1-3-6-14)8-11-21-13-20-17-15(18(21)23)9-12-24-17/h9,12-14H,1-8,10-11H2,(H,19,22). The van der Waals surface area contributed by atoms with Crippen LogP contribution in [0.2, 0.25) is 0 Å². The third-order valence-electron chi connectivity index (χ3n) is 4.87. The van der Waals surface area contributed by atoms with Gasteiger partial charge in [0.25, 0.3) is 5.56 Å². The number of amides is 1. The number of hydrogen-bond acceptors (Lipinski definition) is 4. The lowest BCUT2D eigenvalue weighted by molar-refractivity contribution is -0.121. The minimum atomic E-state index is -0.0636. The first-order chi connectivity index (χ1) is 11.7. The second-order valence-corrected chi connectivity index (χ2v) is 7.52. The number of carbonyl (C=O) groups excluding carboxylic acids is 1. The number of nitrogens with one attached hydrogen (secondary N) is 1. The number of aryl methyl sites for hydroxylation is 1. The van der Waals surface area contributed by atoms with Crippen molar-refractivity contribution in [2.75, 3.05) is 6.54 Å². The van der Waals surface area contributed by atoms with Crippen molar-refractivity contribution in [2.45, 2.75) is 57.9 Å². The summed E-state index contributed by atoms with van der Waals surface area (Å²) < 4.78 is 1.52. The number of rotatable bonds is 7. The Balaban J connectivity index is 1.38. The first kappa shape index (κ1) is 17.1. The van der Waals surface area contributed by atoms with E-state index in [1.807, 2.05) is 5.38 Å². The molecule has 1 aliphatic carbocycles. The Morgan fingerprint density at radius 1 is 1.33 bits per heavy atom. The van der Waals surface area contributed by atoms with Crippen molar-refractivity contribution in [1.29, 1.82) is 0 Å². The van der Waals surface area contributed by atoms with Crippen molar-refractivity contribution in [2.24, 2.45) is 5.92 Å². The Kier molecular flexibility index (Phi) is 6.01. The number of thiophene rings is 1. The average molecular weight is 347 g/mol. The first-order valence-electron chi connectivity index (χ1n) is 8.93. The van der Waals surface area contributed by atoms with Gasteiger partial charge in [-0.15, -0.1) is 11.3 Å². The van der Waals surface area contributed by atoms with Crippen molar-refractivity contribution in [3.05, 3.63) is 28.1 Å². The molecule has 2 aromatic heterocycles. The Bertz CT molecular complexity index is 731. The number of aromatic nitrogens is 2. The van der Waals surface area contributed by atoms with Gasteiger partial charge in [0.1, 0.15) is 4.83 Å². The molecule has 130 valence electrons. The maximum atomic E-state index is 12.2. The van der Waals surface area contributed by atoms with Gasteiger partial charge in [0.2, 0.25) is 5.91 Å². The lowest BCUT2D eigenvalue weighted by atomic mass is 9.86. The van der Waals surface area contributed by atoms with E-state index in [2.05, 4.69) is 10.3 Å². The number of hydrogen-bond donors (Lipinski definition) is 1. The summed E-state index contributed by atoms with van der Waals surface area (Å²) in [7, 11) is 0. The van der Waals surface area contributed by atoms with Crippen LogP contribution in [-0.2, 0) is 11.3 Å². The maximum Gasteiger partial charge on any atom is 0.262 e. The SMILES string of the molecule is O=C(CCn1cnc2sccc2c1=O)NCCCC1CCCCC1. The van der Waals surface area contributed by atoms with Crippen LogP contribution in [0.4, 0.5) is 0 Å². The van der Waals surface area contributed by atoms with Gasteiger partial charge in [0.05, 0.1) is 11.7 Å². The van der Waals surface area contributed by atoms with Crippen LogP contribution >= 0.6 is 11.3 Å². The largest absolute Gasteiger partial charge is 0.356 e. The van der Waals surface area contributed by atoms with E-state index < -0.39 is 0 Å². The van der Waals surface area contributed by atoms with Crippen molar-refractivity contribution in [1.82, 2.24) is 14.9 Å². The predicted octanol–water partition coefficient (Wildman–Crippen LogP) is 3.32. The molecule has 1 amide bonds. The second kappa shape index (κ2) is 8.42. The molecule has 2 aromatic rings. The van der Waals surface area contributed by atoms with E-state index in [1.54, 1.807) is 6.07 Å². The summed E-state index contributed by atoms with van der Waals surface area (Å²) in [5.41, 5.74) is -0.0636. The summed E-state index contributed by atoms with van der Waals surface area (Å²) >= 11 is 1.46. The molecular weight excluding hydrogens is 322 g/mol. The van der Waals surface area contributed by atoms with E-state index in [9.17, 15) is 9.59 Å². The van der Waals surface area contributed by atoms with E-state index >= 15 is 0 Å². The van der Waals surface area contributed by atoms with E-state index in [0.29, 0.717) is 18.4 Å². The average Bonchev–Trinajstić information content (AvgIpc) is 3.09. The van der Waals surface area contributed by atoms with Gasteiger partial charge < -0.3 is 5.32 Å². The molecule has 0 atom stereocenters. The summed E-state index contributed by atoms with van der Waals surface area (Å²) in [5, 5.41) is 5.47. The Labute approximate surface area is 146 Å². The summed E-state index contributed by atoms with van der Waals surface area (Å²) in [6, 6.07) is 1.79. The number of carbonyl (C=O) groups is 1. The van der Waals surface area contributed by atoms with E-state index in [-0.39, 0.29) is 11.5 Å². The van der Waals surface area contributed by atoms with Gasteiger partial charge in [-0.2, -0.15) is 0 Å². The van der Waals surface area contributed by atoms with Gasteiger partial charge in [-0.25, -0.2) is 4.98 Å². The first-order valence-corrected chi connectivity index (χ1v) is 9.81. The van der Waals surface area contributed by atoms with Gasteiger partial charge in [-0.05, 0) is 30.2 Å². The van der Waals surface area contributed by atoms with Crippen molar-refractivity contribution >= 4 is 27.5 Å². The van der Waals surface area contributed by atoms with Gasteiger partial charge in [0, 0.05) is 19.5 Å². The fraction of sp³-hybridized carbons (Fsp3) is 0.611. The second-order valence-electron chi connectivity index (χ2n) is 6.63. The van der Waals surface area contributed by atoms with Gasteiger partial charge in [-0.3, -0.25) is 14.2 Å². The zero-order chi connectivity index (χ0) is 16.8. The smallest absolute Gasteiger partial charge is 0.262 e. The molecular formula is C18H25N3O2S. The van der Waals surface area contributed by atoms with Crippen molar-refractivity contribution in [3.8, 4) is 0 Å². The topological polar surface area (TPSA) is 64.0 Å². The van der Waals surface area contributed by atoms with Gasteiger partial charge in [0.15, 0.2) is 0 Å². The molecule has 1 N–H and O–H groups in total. The van der Waals surface area contributed by atoms with Crippen LogP contribution in [0.5, 0.6) is 0 Å². The molecule has 0 aromatic carbocycles. The summed E-state index contributed by atoms with van der Waals surface area (Å²) in [4.78, 5) is 29.2. The third kappa shape index (κ3) is 4.44. The molecule has 0 unspecified atom stereocenters. The van der Waals surface area contributed by atoms with Crippen LogP contribution in [0.15, 0.2) is 22.6 Å². The fourth-order valence-electron chi connectivity index (χ4n) is 3.46. The summed E-state index contributed by atoms with van der Waals surface area (Å²) in [6.07, 6.45) is 11.0. The van der Waals surface area contributed by atoms with Crippen LogP contribution in [-0.4, -0.2) is 22.0 Å². The molecule has 0 spiro atoms. The monoisotopic (exact) mass is 347 g/mol. The highest BCUT2D eigenvalue weighted by Gasteiger charge is 2.13. The Morgan fingerprint density at radius 2 is 2.17 bits per heavy atom. The van der Waals surface area contributed by atoms with Crippen LogP contribution in [0, 0.1) is 5.92 Å². The maximum absolute atomic E-state index is 12.2. The molecule has 1 saturated carbocycles. The van der Waals surface area contributed by atoms with E-state index in [0.717, 1.165) is 23.7 Å². The minimum absolute atomic E-state index is 0.0101. The number of nitrogens with zero attached hydrogens (tertiary/aromatic N) is 2. The highest BCUT2D eigenvalue weighted by atomic mass is 32.1. The molecule has 0 saturated heterocycles. The third-order valence-corrected chi connectivity index (χ3v) is 5.69. The lowest BCUT2D eigenvalue weighted by Gasteiger charge is -2.21. The number of fused-ring (bicyclic) bond motifs is 1. The molecule has 2 heterocycles. The molecule has 24 heavy (non-hydrogen) atoms. The summed E-state index contributed by atoms with van der Waals surface area (Å²) in [6.45, 7) is 1.12. The zero-order valence-electron chi connectivity index (χ0n) is 14.0. The molecule has 0 aliphatic heterocycles. The predicted molar refractivity (Wildman–Crippen MR) is 97.3 cm³/mol. The van der Waals surface area contributed by atoms with Crippen LogP contribution in [0.3, 0.4) is 0 Å². The van der Waals surface area contributed by atoms with E-state index in [1.165, 1.54) is 60.8 Å². The molecule has 3 rings (SSSR count). The van der Waals surface area contributed by atoms with Crippen LogP contribution in [0.25, 0.3) is 10.2 Å². The molecule has 1 fully saturated rings. The molecule has 6 heteroatoms. The molecule has 1 aliphatic rings. The molecule has 5 nitrogen and oxygen atoms in total. The Morgan fingerprint density at radius 3 is 3.00 bits per heavy atom. The zero-order valence-corrected chi connectivity index (χ0v) is 14.8. The fourth-order valence-corrected chi connectivity index (χ4v) is 4.18. The van der Waals surface area contributed by atoms with E-state index in [4.69, 9.17) is 0 Å². The van der Waals surface area contributed by atoms with Gasteiger partial charge in [-0.1, -0.05) is 32.1 Å². The van der Waals surface area contributed by atoms with Crippen LogP contribution < -0.4 is 10.9 Å². The molecule has 0 bridgehead atoms.